The van der Waals surface area contributed by atoms with Gasteiger partial charge in [-0.3, -0.25) is 9.59 Å². The molecule has 28 heavy (non-hydrogen) atoms. The van der Waals surface area contributed by atoms with E-state index in [0.29, 0.717) is 18.8 Å². The van der Waals surface area contributed by atoms with Gasteiger partial charge in [0.05, 0.1) is 20.3 Å². The van der Waals surface area contributed by atoms with Crippen LogP contribution in [0.25, 0.3) is 0 Å². The quantitative estimate of drug-likeness (QED) is 0.683. The normalized spacial score (nSPS) is 10.4. The van der Waals surface area contributed by atoms with E-state index < -0.39 is 5.91 Å². The van der Waals surface area contributed by atoms with Crippen LogP contribution in [0.3, 0.4) is 0 Å². The number of carbonyl (C=O) groups is 1. The second-order valence-corrected chi connectivity index (χ2v) is 6.11. The van der Waals surface area contributed by atoms with E-state index in [2.05, 4.69) is 5.32 Å². The van der Waals surface area contributed by atoms with E-state index >= 15 is 0 Å². The van der Waals surface area contributed by atoms with Crippen LogP contribution in [0.15, 0.2) is 71.7 Å². The second-order valence-electron chi connectivity index (χ2n) is 6.11. The molecule has 1 N–H and O–H groups in total. The van der Waals surface area contributed by atoms with Gasteiger partial charge in [-0.2, -0.15) is 0 Å². The van der Waals surface area contributed by atoms with Crippen LogP contribution < -0.4 is 20.3 Å². The van der Waals surface area contributed by atoms with Gasteiger partial charge >= 0.3 is 0 Å². The maximum absolute atomic E-state index is 12.7. The summed E-state index contributed by atoms with van der Waals surface area (Å²) < 4.78 is 12.0. The van der Waals surface area contributed by atoms with E-state index in [-0.39, 0.29) is 11.1 Å². The van der Waals surface area contributed by atoms with E-state index in [1.165, 1.54) is 10.6 Å². The van der Waals surface area contributed by atoms with Gasteiger partial charge in [0.2, 0.25) is 0 Å². The third kappa shape index (κ3) is 4.59. The summed E-state index contributed by atoms with van der Waals surface area (Å²) in [7, 11) is 1.60. The smallest absolute Gasteiger partial charge is 0.263 e. The Morgan fingerprint density at radius 1 is 1.00 bits per heavy atom. The lowest BCUT2D eigenvalue weighted by molar-refractivity contribution is 0.102. The Balaban J connectivity index is 1.75. The third-order valence-electron chi connectivity index (χ3n) is 4.20. The first-order valence-electron chi connectivity index (χ1n) is 8.97. The topological polar surface area (TPSA) is 69.6 Å². The predicted molar refractivity (Wildman–Crippen MR) is 108 cm³/mol. The van der Waals surface area contributed by atoms with Crippen LogP contribution >= 0.6 is 0 Å². The van der Waals surface area contributed by atoms with Gasteiger partial charge < -0.3 is 19.4 Å². The monoisotopic (exact) mass is 378 g/mol. The number of aromatic nitrogens is 1. The number of rotatable bonds is 7. The van der Waals surface area contributed by atoms with Crippen LogP contribution in [-0.4, -0.2) is 24.2 Å². The minimum atomic E-state index is -0.446. The zero-order valence-corrected chi connectivity index (χ0v) is 15.8. The third-order valence-corrected chi connectivity index (χ3v) is 4.20. The molecule has 0 fully saturated rings. The maximum Gasteiger partial charge on any atom is 0.263 e. The van der Waals surface area contributed by atoms with Crippen LogP contribution in [0.5, 0.6) is 11.5 Å². The molecule has 2 aromatic carbocycles. The van der Waals surface area contributed by atoms with E-state index in [1.807, 2.05) is 31.2 Å². The van der Waals surface area contributed by atoms with Crippen molar-refractivity contribution in [3.8, 4) is 11.5 Å². The Labute approximate surface area is 163 Å². The fraction of sp³-hybridized carbons (Fsp3) is 0.182. The van der Waals surface area contributed by atoms with Crippen molar-refractivity contribution in [3.63, 3.8) is 0 Å². The van der Waals surface area contributed by atoms with E-state index in [4.69, 9.17) is 9.47 Å². The zero-order valence-electron chi connectivity index (χ0n) is 15.8. The molecular formula is C22H22N2O4. The van der Waals surface area contributed by atoms with Crippen molar-refractivity contribution in [3.05, 3.63) is 88.3 Å². The van der Waals surface area contributed by atoms with Crippen molar-refractivity contribution >= 4 is 11.6 Å². The first-order valence-corrected chi connectivity index (χ1v) is 8.97. The molecule has 0 bridgehead atoms. The highest BCUT2D eigenvalue weighted by Crippen LogP contribution is 2.16. The molecule has 3 rings (SSSR count). The minimum absolute atomic E-state index is 0.0879. The molecule has 1 amide bonds. The van der Waals surface area contributed by atoms with E-state index in [0.717, 1.165) is 17.1 Å². The summed E-state index contributed by atoms with van der Waals surface area (Å²) in [4.78, 5) is 25.3. The highest BCUT2D eigenvalue weighted by molar-refractivity contribution is 6.04. The maximum atomic E-state index is 12.7. The molecule has 6 nitrogen and oxygen atoms in total. The number of ether oxygens (including phenoxy) is 2. The molecule has 0 saturated carbocycles. The van der Waals surface area contributed by atoms with Crippen molar-refractivity contribution in [2.45, 2.75) is 13.5 Å². The van der Waals surface area contributed by atoms with Gasteiger partial charge in [0.1, 0.15) is 17.1 Å². The zero-order chi connectivity index (χ0) is 19.9. The first-order chi connectivity index (χ1) is 13.6. The summed E-state index contributed by atoms with van der Waals surface area (Å²) in [5, 5.41) is 2.75. The number of pyridine rings is 1. The number of anilines is 1. The van der Waals surface area contributed by atoms with E-state index in [1.54, 1.807) is 43.6 Å². The van der Waals surface area contributed by atoms with E-state index in [9.17, 15) is 9.59 Å². The fourth-order valence-electron chi connectivity index (χ4n) is 2.76. The van der Waals surface area contributed by atoms with Crippen molar-refractivity contribution in [1.29, 1.82) is 0 Å². The average Bonchev–Trinajstić information content (AvgIpc) is 2.72. The summed E-state index contributed by atoms with van der Waals surface area (Å²) in [5.41, 5.74) is 1.28. The van der Waals surface area contributed by atoms with Crippen molar-refractivity contribution in [2.24, 2.45) is 0 Å². The summed E-state index contributed by atoms with van der Waals surface area (Å²) in [6.45, 7) is 2.85. The lowest BCUT2D eigenvalue weighted by Gasteiger charge is -2.10. The largest absolute Gasteiger partial charge is 0.497 e. The molecule has 0 unspecified atom stereocenters. The van der Waals surface area contributed by atoms with Gasteiger partial charge in [0.15, 0.2) is 0 Å². The molecule has 6 heteroatoms. The summed E-state index contributed by atoms with van der Waals surface area (Å²) in [5.74, 6) is 1.03. The van der Waals surface area contributed by atoms with Gasteiger partial charge in [-0.05, 0) is 61.0 Å². The number of hydrogen-bond acceptors (Lipinski definition) is 4. The average molecular weight is 378 g/mol. The van der Waals surface area contributed by atoms with Crippen LogP contribution in [0, 0.1) is 0 Å². The molecule has 1 aromatic heterocycles. The molecule has 3 aromatic rings. The lowest BCUT2D eigenvalue weighted by Crippen LogP contribution is -2.29. The first kappa shape index (κ1) is 19.2. The fourth-order valence-corrected chi connectivity index (χ4v) is 2.76. The van der Waals surface area contributed by atoms with Crippen molar-refractivity contribution < 1.29 is 14.3 Å². The molecular weight excluding hydrogens is 356 g/mol. The molecule has 0 spiro atoms. The molecule has 0 aliphatic rings. The minimum Gasteiger partial charge on any atom is -0.497 e. The van der Waals surface area contributed by atoms with Gasteiger partial charge in [-0.15, -0.1) is 0 Å². The highest BCUT2D eigenvalue weighted by Gasteiger charge is 2.13. The van der Waals surface area contributed by atoms with Crippen molar-refractivity contribution in [1.82, 2.24) is 4.57 Å². The summed E-state index contributed by atoms with van der Waals surface area (Å²) in [6, 6.07) is 17.7. The Morgan fingerprint density at radius 3 is 2.32 bits per heavy atom. The Morgan fingerprint density at radius 2 is 1.68 bits per heavy atom. The molecule has 0 aliphatic carbocycles. The van der Waals surface area contributed by atoms with Gasteiger partial charge in [0.25, 0.3) is 11.5 Å². The molecule has 1 heterocycles. The van der Waals surface area contributed by atoms with Crippen LogP contribution in [-0.2, 0) is 6.54 Å². The second kappa shape index (κ2) is 8.90. The van der Waals surface area contributed by atoms with Gasteiger partial charge in [0, 0.05) is 11.9 Å². The number of nitrogens with zero attached hydrogens (tertiary/aromatic N) is 1. The number of nitrogens with one attached hydrogen (secondary N) is 1. The number of amides is 1. The number of hydrogen-bond donors (Lipinski definition) is 1. The predicted octanol–water partition coefficient (Wildman–Crippen LogP) is 3.56. The van der Waals surface area contributed by atoms with Crippen LogP contribution in [0.4, 0.5) is 5.69 Å². The number of carbonyl (C=O) groups excluding carboxylic acids is 1. The van der Waals surface area contributed by atoms with Crippen LogP contribution in [0.1, 0.15) is 22.8 Å². The lowest BCUT2D eigenvalue weighted by atomic mass is 10.2. The number of benzene rings is 2. The molecule has 0 aliphatic heterocycles. The Bertz CT molecular complexity index is 992. The van der Waals surface area contributed by atoms with Gasteiger partial charge in [-0.25, -0.2) is 0 Å². The molecule has 0 atom stereocenters. The number of methoxy groups -OCH3 is 1. The van der Waals surface area contributed by atoms with Crippen molar-refractivity contribution in [2.75, 3.05) is 19.0 Å². The summed E-state index contributed by atoms with van der Waals surface area (Å²) in [6.07, 6.45) is 1.67. The standard InChI is InChI=1S/C22H22N2O4/c1-3-28-19-12-8-17(9-13-19)23-21(25)20-5-4-14-24(22(20)26)15-16-6-10-18(27-2)11-7-16/h4-14H,3,15H2,1-2H3,(H,23,25). The Hall–Kier alpha value is -3.54. The summed E-state index contributed by atoms with van der Waals surface area (Å²) >= 11 is 0. The SMILES string of the molecule is CCOc1ccc(NC(=O)c2cccn(Cc3ccc(OC)cc3)c2=O)cc1. The molecule has 0 radical (unpaired) electrons. The molecule has 0 saturated heterocycles. The van der Waals surface area contributed by atoms with Gasteiger partial charge in [-0.1, -0.05) is 12.1 Å². The Kier molecular flexibility index (Phi) is 6.11. The van der Waals surface area contributed by atoms with Crippen LogP contribution in [0.2, 0.25) is 0 Å². The molecule has 144 valence electrons. The highest BCUT2D eigenvalue weighted by atomic mass is 16.5.